The van der Waals surface area contributed by atoms with Crippen LogP contribution in [0, 0.1) is 11.3 Å². The minimum Gasteiger partial charge on any atom is -0.463 e. The van der Waals surface area contributed by atoms with Gasteiger partial charge in [0, 0.05) is 43.4 Å². The van der Waals surface area contributed by atoms with Crippen LogP contribution in [-0.4, -0.2) is 43.6 Å². The molecule has 1 aromatic heterocycles. The maximum absolute atomic E-state index is 12.9. The van der Waals surface area contributed by atoms with E-state index in [4.69, 9.17) is 18.6 Å². The average Bonchev–Trinajstić information content (AvgIpc) is 3.27. The molecule has 31 heavy (non-hydrogen) atoms. The Bertz CT molecular complexity index is 1080. The smallest absolute Gasteiger partial charge is 0.342 e. The van der Waals surface area contributed by atoms with Gasteiger partial charge in [-0.05, 0) is 30.4 Å². The maximum atomic E-state index is 12.9. The van der Waals surface area contributed by atoms with Crippen LogP contribution in [0.5, 0.6) is 0 Å². The lowest BCUT2D eigenvalue weighted by atomic mass is 9.53. The normalized spacial score (nSPS) is 36.0. The third-order valence-electron chi connectivity index (χ3n) is 7.84. The summed E-state index contributed by atoms with van der Waals surface area (Å²) in [4.78, 5) is 37.7. The number of hydrogen-bond donors (Lipinski definition) is 0. The van der Waals surface area contributed by atoms with Gasteiger partial charge in [-0.2, -0.15) is 0 Å². The second-order valence-corrected chi connectivity index (χ2v) is 9.45. The zero-order chi connectivity index (χ0) is 22.3. The first-order valence-electron chi connectivity index (χ1n) is 10.6. The second-order valence-electron chi connectivity index (χ2n) is 9.45. The Morgan fingerprint density at radius 1 is 1.32 bits per heavy atom. The topological polar surface area (TPSA) is 92.0 Å². The van der Waals surface area contributed by atoms with Gasteiger partial charge in [0.25, 0.3) is 0 Å². The molecule has 0 bridgehead atoms. The highest BCUT2D eigenvalue weighted by atomic mass is 16.6. The number of ether oxygens (including phenoxy) is 3. The van der Waals surface area contributed by atoms with Crippen molar-refractivity contribution in [1.29, 1.82) is 0 Å². The molecule has 0 spiro atoms. The first kappa shape index (κ1) is 20.2. The van der Waals surface area contributed by atoms with E-state index < -0.39 is 35.0 Å². The van der Waals surface area contributed by atoms with Gasteiger partial charge < -0.3 is 18.6 Å². The Morgan fingerprint density at radius 3 is 2.74 bits per heavy atom. The number of furan rings is 1. The molecule has 2 heterocycles. The fourth-order valence-electron chi connectivity index (χ4n) is 6.43. The minimum absolute atomic E-state index is 0.0614. The monoisotopic (exact) mass is 426 g/mol. The van der Waals surface area contributed by atoms with Crippen LogP contribution in [0.15, 0.2) is 28.4 Å². The second kappa shape index (κ2) is 6.42. The van der Waals surface area contributed by atoms with Gasteiger partial charge >= 0.3 is 11.9 Å². The minimum atomic E-state index is -0.828. The number of Topliss-reactive ketones (excluding diaryl/α,β-unsaturated/α-hetero) is 1. The van der Waals surface area contributed by atoms with Gasteiger partial charge in [-0.1, -0.05) is 13.5 Å². The molecule has 0 radical (unpaired) electrons. The van der Waals surface area contributed by atoms with Crippen LogP contribution >= 0.6 is 0 Å². The molecule has 3 aliphatic carbocycles. The van der Waals surface area contributed by atoms with Crippen LogP contribution in [0.25, 0.3) is 5.57 Å². The van der Waals surface area contributed by atoms with Crippen molar-refractivity contribution in [3.8, 4) is 0 Å². The lowest BCUT2D eigenvalue weighted by Gasteiger charge is -2.52. The summed E-state index contributed by atoms with van der Waals surface area (Å²) in [5.74, 6) is -0.239. The largest absolute Gasteiger partial charge is 0.463 e. The van der Waals surface area contributed by atoms with Crippen LogP contribution in [-0.2, 0) is 29.2 Å². The highest BCUT2D eigenvalue weighted by Crippen LogP contribution is 2.63. The Hall–Kier alpha value is -2.67. The van der Waals surface area contributed by atoms with Gasteiger partial charge in [-0.3, -0.25) is 9.59 Å². The number of ketones is 1. The molecular formula is C24H26O7. The highest BCUT2D eigenvalue weighted by molar-refractivity contribution is 5.99. The first-order chi connectivity index (χ1) is 14.6. The van der Waals surface area contributed by atoms with Gasteiger partial charge in [-0.25, -0.2) is 4.79 Å². The van der Waals surface area contributed by atoms with Gasteiger partial charge in [0.2, 0.25) is 0 Å². The number of methoxy groups -OCH3 is 1. The van der Waals surface area contributed by atoms with Gasteiger partial charge in [0.05, 0.1) is 12.0 Å². The number of carbonyl (C=O) groups is 3. The number of cyclic esters (lactones) is 1. The molecule has 0 N–H and O–H groups in total. The van der Waals surface area contributed by atoms with Crippen molar-refractivity contribution in [3.63, 3.8) is 0 Å². The lowest BCUT2D eigenvalue weighted by molar-refractivity contribution is -0.149. The van der Waals surface area contributed by atoms with Crippen molar-refractivity contribution < 1.29 is 33.0 Å². The van der Waals surface area contributed by atoms with Gasteiger partial charge in [0.1, 0.15) is 35.6 Å². The van der Waals surface area contributed by atoms with Crippen LogP contribution in [0.2, 0.25) is 0 Å². The van der Waals surface area contributed by atoms with E-state index in [2.05, 4.69) is 6.58 Å². The molecule has 1 aromatic rings. The molecule has 7 heteroatoms. The summed E-state index contributed by atoms with van der Waals surface area (Å²) < 4.78 is 22.9. The summed E-state index contributed by atoms with van der Waals surface area (Å²) in [6, 6.07) is 0. The fraction of sp³-hybridized carbons (Fsp3) is 0.542. The summed E-state index contributed by atoms with van der Waals surface area (Å²) >= 11 is 0. The zero-order valence-electron chi connectivity index (χ0n) is 18.2. The molecule has 0 amide bonds. The van der Waals surface area contributed by atoms with E-state index in [1.165, 1.54) is 13.2 Å². The molecule has 0 unspecified atom stereocenters. The molecule has 0 aromatic carbocycles. The van der Waals surface area contributed by atoms with Gasteiger partial charge in [-0.15, -0.1) is 0 Å². The predicted octanol–water partition coefficient (Wildman–Crippen LogP) is 3.37. The summed E-state index contributed by atoms with van der Waals surface area (Å²) in [5, 5.41) is 0. The van der Waals surface area contributed by atoms with Crippen molar-refractivity contribution in [2.75, 3.05) is 13.7 Å². The quantitative estimate of drug-likeness (QED) is 0.684. The van der Waals surface area contributed by atoms with E-state index in [1.807, 2.05) is 13.8 Å². The number of fused-ring (bicyclic) bond motifs is 3. The van der Waals surface area contributed by atoms with Crippen molar-refractivity contribution >= 4 is 23.3 Å². The third kappa shape index (κ3) is 2.41. The molecule has 1 saturated carbocycles. The van der Waals surface area contributed by atoms with E-state index >= 15 is 0 Å². The van der Waals surface area contributed by atoms with Crippen molar-refractivity contribution in [2.45, 2.75) is 57.7 Å². The summed E-state index contributed by atoms with van der Waals surface area (Å²) in [6.07, 6.45) is 1.72. The van der Waals surface area contributed by atoms with Crippen molar-refractivity contribution in [3.05, 3.63) is 40.9 Å². The Balaban J connectivity index is 1.82. The summed E-state index contributed by atoms with van der Waals surface area (Å²) in [7, 11) is 1.55. The molecule has 7 nitrogen and oxygen atoms in total. The lowest BCUT2D eigenvalue weighted by Crippen LogP contribution is -2.56. The molecule has 1 fully saturated rings. The molecule has 0 saturated heterocycles. The molecule has 164 valence electrons. The number of carbonyl (C=O) groups excluding carboxylic acids is 3. The van der Waals surface area contributed by atoms with Crippen LogP contribution < -0.4 is 0 Å². The Kier molecular flexibility index (Phi) is 4.19. The van der Waals surface area contributed by atoms with E-state index in [9.17, 15) is 14.4 Å². The Labute approximate surface area is 180 Å². The van der Waals surface area contributed by atoms with Crippen molar-refractivity contribution in [2.24, 2.45) is 11.3 Å². The molecule has 5 atom stereocenters. The maximum Gasteiger partial charge on any atom is 0.342 e. The van der Waals surface area contributed by atoms with E-state index in [-0.39, 0.29) is 18.3 Å². The molecule has 1 aliphatic heterocycles. The standard InChI is InChI=1S/C24H26O7/c1-11-18-14-6-7-16(26)23(14,3)8-15(30-12(2)25)20(18)24(4)17(10-28-5)31-22(27)13-9-29-21(11)19(13)24/h9,14-15,17H,1,6-8,10H2,2-5H3/t14-,15+,17+,23-,24-/m0/s1. The molecule has 5 rings (SSSR count). The van der Waals surface area contributed by atoms with Crippen LogP contribution in [0.4, 0.5) is 0 Å². The Morgan fingerprint density at radius 2 is 2.06 bits per heavy atom. The molecular weight excluding hydrogens is 400 g/mol. The van der Waals surface area contributed by atoms with Gasteiger partial charge in [0.15, 0.2) is 0 Å². The van der Waals surface area contributed by atoms with Crippen LogP contribution in [0.1, 0.15) is 61.7 Å². The highest BCUT2D eigenvalue weighted by Gasteiger charge is 2.63. The van der Waals surface area contributed by atoms with E-state index in [1.54, 1.807) is 7.11 Å². The average molecular weight is 426 g/mol. The van der Waals surface area contributed by atoms with Crippen LogP contribution in [0.3, 0.4) is 0 Å². The van der Waals surface area contributed by atoms with E-state index in [0.717, 1.165) is 11.1 Å². The zero-order valence-corrected chi connectivity index (χ0v) is 18.2. The first-order valence-corrected chi connectivity index (χ1v) is 10.6. The number of allylic oxidation sites excluding steroid dienone is 2. The SMILES string of the molecule is C=C1C2=C([C@H](OC(C)=O)C[C@]3(C)C(=O)CC[C@@H]23)[C@]2(C)c3c(coc31)C(=O)O[C@@H]2COC. The fourth-order valence-corrected chi connectivity index (χ4v) is 6.43. The summed E-state index contributed by atoms with van der Waals surface area (Å²) in [6.45, 7) is 9.80. The number of rotatable bonds is 3. The number of hydrogen-bond acceptors (Lipinski definition) is 7. The predicted molar refractivity (Wildman–Crippen MR) is 109 cm³/mol. The van der Waals surface area contributed by atoms with E-state index in [0.29, 0.717) is 41.7 Å². The molecule has 4 aliphatic rings. The third-order valence-corrected chi connectivity index (χ3v) is 7.84. The van der Waals surface area contributed by atoms with Crippen molar-refractivity contribution in [1.82, 2.24) is 0 Å². The summed E-state index contributed by atoms with van der Waals surface area (Å²) in [5.41, 5.74) is 2.01. The number of esters is 2.